The molecule has 1 aromatic rings. The van der Waals surface area contributed by atoms with Crippen LogP contribution in [-0.2, 0) is 11.8 Å². The van der Waals surface area contributed by atoms with E-state index in [0.717, 1.165) is 17.8 Å². The van der Waals surface area contributed by atoms with Crippen molar-refractivity contribution in [1.29, 1.82) is 0 Å². The van der Waals surface area contributed by atoms with Crippen molar-refractivity contribution < 1.29 is 9.53 Å². The van der Waals surface area contributed by atoms with Crippen LogP contribution < -0.4 is 5.32 Å². The molecule has 1 aliphatic rings. The van der Waals surface area contributed by atoms with Gasteiger partial charge in [0.05, 0.1) is 24.0 Å². The quantitative estimate of drug-likeness (QED) is 0.848. The number of nitrogens with zero attached hydrogens (tertiary/aromatic N) is 2. The summed E-state index contributed by atoms with van der Waals surface area (Å²) in [6.45, 7) is 7.16. The molecular formula is C16H27N3O2. The van der Waals surface area contributed by atoms with E-state index in [4.69, 9.17) is 4.74 Å². The van der Waals surface area contributed by atoms with E-state index in [1.54, 1.807) is 4.68 Å². The Morgan fingerprint density at radius 1 is 1.38 bits per heavy atom. The summed E-state index contributed by atoms with van der Waals surface area (Å²) >= 11 is 0. The summed E-state index contributed by atoms with van der Waals surface area (Å²) in [7, 11) is 1.85. The van der Waals surface area contributed by atoms with Gasteiger partial charge in [0.15, 0.2) is 0 Å². The van der Waals surface area contributed by atoms with Gasteiger partial charge in [0.2, 0.25) is 0 Å². The highest BCUT2D eigenvalue weighted by Crippen LogP contribution is 2.25. The van der Waals surface area contributed by atoms with Gasteiger partial charge in [-0.25, -0.2) is 0 Å². The number of nitrogens with one attached hydrogen (secondary N) is 1. The summed E-state index contributed by atoms with van der Waals surface area (Å²) in [5, 5.41) is 7.20. The predicted octanol–water partition coefficient (Wildman–Crippen LogP) is 2.36. The van der Waals surface area contributed by atoms with Crippen LogP contribution in [0.5, 0.6) is 0 Å². The third kappa shape index (κ3) is 3.84. The van der Waals surface area contributed by atoms with E-state index < -0.39 is 0 Å². The van der Waals surface area contributed by atoms with Crippen molar-refractivity contribution in [2.45, 2.75) is 52.6 Å². The number of hydrogen-bond acceptors (Lipinski definition) is 3. The summed E-state index contributed by atoms with van der Waals surface area (Å²) in [6, 6.07) is 0. The van der Waals surface area contributed by atoms with Crippen molar-refractivity contribution >= 4 is 5.91 Å². The molecule has 0 spiro atoms. The zero-order valence-electron chi connectivity index (χ0n) is 13.6. The molecule has 1 aliphatic carbocycles. The SMILES string of the molecule is Cc1nn(C)c(C)c1C(=O)NCCO[C@H]1CCCC[C@@H]1C. The van der Waals surface area contributed by atoms with E-state index >= 15 is 0 Å². The molecule has 0 aliphatic heterocycles. The lowest BCUT2D eigenvalue weighted by Crippen LogP contribution is -2.32. The first-order valence-electron chi connectivity index (χ1n) is 7.90. The number of hydrogen-bond donors (Lipinski definition) is 1. The van der Waals surface area contributed by atoms with Gasteiger partial charge < -0.3 is 10.1 Å². The van der Waals surface area contributed by atoms with Gasteiger partial charge in [0, 0.05) is 19.3 Å². The van der Waals surface area contributed by atoms with E-state index in [-0.39, 0.29) is 5.91 Å². The minimum Gasteiger partial charge on any atom is -0.376 e. The zero-order chi connectivity index (χ0) is 15.4. The van der Waals surface area contributed by atoms with Crippen LogP contribution in [0.1, 0.15) is 54.4 Å². The summed E-state index contributed by atoms with van der Waals surface area (Å²) in [5.41, 5.74) is 2.35. The van der Waals surface area contributed by atoms with Crippen molar-refractivity contribution in [3.05, 3.63) is 17.0 Å². The maximum Gasteiger partial charge on any atom is 0.255 e. The molecule has 1 heterocycles. The molecule has 0 saturated heterocycles. The Bertz CT molecular complexity index is 496. The Hall–Kier alpha value is -1.36. The number of aryl methyl sites for hydroxylation is 2. The highest BCUT2D eigenvalue weighted by Gasteiger charge is 2.22. The van der Waals surface area contributed by atoms with Crippen LogP contribution in [0.4, 0.5) is 0 Å². The van der Waals surface area contributed by atoms with Crippen molar-refractivity contribution in [2.75, 3.05) is 13.2 Å². The van der Waals surface area contributed by atoms with E-state index in [2.05, 4.69) is 17.3 Å². The Kier molecular flexibility index (Phi) is 5.39. The van der Waals surface area contributed by atoms with E-state index in [0.29, 0.717) is 30.7 Å². The van der Waals surface area contributed by atoms with Crippen molar-refractivity contribution in [3.8, 4) is 0 Å². The first-order chi connectivity index (χ1) is 10.0. The molecule has 0 bridgehead atoms. The van der Waals surface area contributed by atoms with Crippen LogP contribution >= 0.6 is 0 Å². The fraction of sp³-hybridized carbons (Fsp3) is 0.750. The molecule has 5 heteroatoms. The van der Waals surface area contributed by atoms with Gasteiger partial charge >= 0.3 is 0 Å². The number of rotatable bonds is 5. The van der Waals surface area contributed by atoms with Gasteiger partial charge in [-0.15, -0.1) is 0 Å². The van der Waals surface area contributed by atoms with Gasteiger partial charge in [-0.1, -0.05) is 19.8 Å². The topological polar surface area (TPSA) is 56.2 Å². The van der Waals surface area contributed by atoms with Gasteiger partial charge in [-0.05, 0) is 32.6 Å². The monoisotopic (exact) mass is 293 g/mol. The summed E-state index contributed by atoms with van der Waals surface area (Å²) < 4.78 is 7.65. The molecule has 1 N–H and O–H groups in total. The predicted molar refractivity (Wildman–Crippen MR) is 82.4 cm³/mol. The average molecular weight is 293 g/mol. The summed E-state index contributed by atoms with van der Waals surface area (Å²) in [5.74, 6) is 0.579. The summed E-state index contributed by atoms with van der Waals surface area (Å²) in [6.07, 6.45) is 5.34. The molecule has 0 aromatic carbocycles. The lowest BCUT2D eigenvalue weighted by atomic mass is 9.88. The maximum absolute atomic E-state index is 12.2. The van der Waals surface area contributed by atoms with E-state index in [1.807, 2.05) is 20.9 Å². The zero-order valence-corrected chi connectivity index (χ0v) is 13.6. The number of amides is 1. The third-order valence-electron chi connectivity index (χ3n) is 4.49. The third-order valence-corrected chi connectivity index (χ3v) is 4.49. The molecule has 2 atom stereocenters. The minimum absolute atomic E-state index is 0.0570. The first kappa shape index (κ1) is 16.0. The molecule has 5 nitrogen and oxygen atoms in total. The van der Waals surface area contributed by atoms with Crippen LogP contribution in [0.2, 0.25) is 0 Å². The van der Waals surface area contributed by atoms with Crippen molar-refractivity contribution in [2.24, 2.45) is 13.0 Å². The van der Waals surface area contributed by atoms with E-state index in [9.17, 15) is 4.79 Å². The van der Waals surface area contributed by atoms with Crippen LogP contribution in [0.25, 0.3) is 0 Å². The fourth-order valence-corrected chi connectivity index (χ4v) is 3.10. The Morgan fingerprint density at radius 2 is 2.10 bits per heavy atom. The molecule has 1 fully saturated rings. The van der Waals surface area contributed by atoms with Crippen molar-refractivity contribution in [3.63, 3.8) is 0 Å². The Labute approximate surface area is 127 Å². The van der Waals surface area contributed by atoms with Gasteiger partial charge in [0.25, 0.3) is 5.91 Å². The first-order valence-corrected chi connectivity index (χ1v) is 7.90. The molecule has 0 radical (unpaired) electrons. The second-order valence-electron chi connectivity index (χ2n) is 6.10. The maximum atomic E-state index is 12.2. The highest BCUT2D eigenvalue weighted by molar-refractivity contribution is 5.96. The molecule has 1 amide bonds. The Morgan fingerprint density at radius 3 is 2.71 bits per heavy atom. The molecule has 1 aromatic heterocycles. The lowest BCUT2D eigenvalue weighted by Gasteiger charge is -2.28. The molecule has 2 rings (SSSR count). The summed E-state index contributed by atoms with van der Waals surface area (Å²) in [4.78, 5) is 12.2. The number of ether oxygens (including phenoxy) is 1. The lowest BCUT2D eigenvalue weighted by molar-refractivity contribution is -0.00294. The van der Waals surface area contributed by atoms with Gasteiger partial charge in [-0.3, -0.25) is 9.48 Å². The second-order valence-corrected chi connectivity index (χ2v) is 6.10. The fourth-order valence-electron chi connectivity index (χ4n) is 3.10. The normalized spacial score (nSPS) is 22.3. The Balaban J connectivity index is 1.77. The van der Waals surface area contributed by atoms with Crippen LogP contribution in [0.3, 0.4) is 0 Å². The van der Waals surface area contributed by atoms with Crippen LogP contribution in [0, 0.1) is 19.8 Å². The molecule has 21 heavy (non-hydrogen) atoms. The van der Waals surface area contributed by atoms with Gasteiger partial charge in [-0.2, -0.15) is 5.10 Å². The largest absolute Gasteiger partial charge is 0.376 e. The van der Waals surface area contributed by atoms with Crippen molar-refractivity contribution in [1.82, 2.24) is 15.1 Å². The smallest absolute Gasteiger partial charge is 0.255 e. The second kappa shape index (κ2) is 7.07. The van der Waals surface area contributed by atoms with Gasteiger partial charge in [0.1, 0.15) is 0 Å². The number of carbonyl (C=O) groups excluding carboxylic acids is 1. The van der Waals surface area contributed by atoms with Crippen LogP contribution in [-0.4, -0.2) is 34.9 Å². The molecule has 118 valence electrons. The average Bonchev–Trinajstić information content (AvgIpc) is 2.70. The highest BCUT2D eigenvalue weighted by atomic mass is 16.5. The van der Waals surface area contributed by atoms with E-state index in [1.165, 1.54) is 19.3 Å². The number of carbonyl (C=O) groups is 1. The minimum atomic E-state index is -0.0570. The molecular weight excluding hydrogens is 266 g/mol. The molecule has 1 saturated carbocycles. The molecule has 0 unspecified atom stereocenters. The van der Waals surface area contributed by atoms with Crippen LogP contribution in [0.15, 0.2) is 0 Å². The standard InChI is InChI=1S/C16H27N3O2/c1-11-7-5-6-8-14(11)21-10-9-17-16(20)15-12(2)18-19(4)13(15)3/h11,14H,5-10H2,1-4H3,(H,17,20)/t11-,14-/m0/s1. The number of aromatic nitrogens is 2.